The van der Waals surface area contributed by atoms with Gasteiger partial charge in [0.05, 0.1) is 6.42 Å². The van der Waals surface area contributed by atoms with Crippen LogP contribution in [0, 0.1) is 6.92 Å². The highest BCUT2D eigenvalue weighted by atomic mass is 16.3. The third-order valence-corrected chi connectivity index (χ3v) is 4.50. The van der Waals surface area contributed by atoms with Crippen LogP contribution in [0.1, 0.15) is 49.3 Å². The molecule has 3 rings (SSSR count). The van der Waals surface area contributed by atoms with Crippen LogP contribution in [0.5, 0.6) is 0 Å². The molecule has 1 aliphatic heterocycles. The van der Waals surface area contributed by atoms with Crippen LogP contribution < -0.4 is 10.6 Å². The van der Waals surface area contributed by atoms with Crippen molar-refractivity contribution in [2.45, 2.75) is 46.0 Å². The lowest BCUT2D eigenvalue weighted by molar-refractivity contribution is -0.120. The maximum absolute atomic E-state index is 11.7. The third kappa shape index (κ3) is 9.95. The molecule has 29 heavy (non-hydrogen) atoms. The van der Waals surface area contributed by atoms with E-state index in [1.54, 1.807) is 6.08 Å². The monoisotopic (exact) mass is 396 g/mol. The highest BCUT2D eigenvalue weighted by Crippen LogP contribution is 2.31. The molecule has 1 heterocycles. The summed E-state index contributed by atoms with van der Waals surface area (Å²) in [6.07, 6.45) is 3.90. The minimum absolute atomic E-state index is 0.0184. The van der Waals surface area contributed by atoms with Crippen molar-refractivity contribution in [2.24, 2.45) is 0 Å². The zero-order valence-corrected chi connectivity index (χ0v) is 18.1. The molecular weight excluding hydrogens is 360 g/mol. The van der Waals surface area contributed by atoms with Crippen molar-refractivity contribution in [2.75, 3.05) is 25.0 Å². The number of hydrogen-bond acceptors (Lipinski definition) is 3. The summed E-state index contributed by atoms with van der Waals surface area (Å²) in [5.41, 5.74) is 4.88. The Hall–Kier alpha value is -2.59. The number of nitrogens with one attached hydrogen (secondary N) is 2. The van der Waals surface area contributed by atoms with Crippen molar-refractivity contribution in [1.29, 1.82) is 0 Å². The number of fused-ring (bicyclic) bond motifs is 1. The highest BCUT2D eigenvalue weighted by molar-refractivity contribution is 5.78. The standard InChI is InChI=1S/C15H22N2O2.C7H8.C3H6/c1-11-5-7-16-14-4-3-12(9-13(11)14)10-15(19)17-6-2-8-18;1-7-5-3-2-4-6-7;1-3-2/h3-4,9,11,16,18H,2,5-8,10H2,1H3,(H,17,19);2-6H,1H3;3H,1H2,2H3. The molecule has 1 atom stereocenters. The van der Waals surface area contributed by atoms with E-state index in [-0.39, 0.29) is 12.5 Å². The van der Waals surface area contributed by atoms with Gasteiger partial charge in [0.15, 0.2) is 0 Å². The molecule has 0 saturated carbocycles. The predicted octanol–water partition coefficient (Wildman–Crippen LogP) is 4.83. The molecule has 1 unspecified atom stereocenters. The van der Waals surface area contributed by atoms with Gasteiger partial charge in [-0.1, -0.05) is 61.0 Å². The number of aliphatic hydroxyl groups is 1. The quantitative estimate of drug-likeness (QED) is 0.501. The van der Waals surface area contributed by atoms with E-state index < -0.39 is 0 Å². The van der Waals surface area contributed by atoms with E-state index in [1.165, 1.54) is 16.8 Å². The van der Waals surface area contributed by atoms with Crippen LogP contribution in [-0.2, 0) is 11.2 Å². The number of aryl methyl sites for hydroxylation is 1. The number of hydrogen-bond donors (Lipinski definition) is 3. The number of benzene rings is 2. The summed E-state index contributed by atoms with van der Waals surface area (Å²) in [5.74, 6) is 0.568. The van der Waals surface area contributed by atoms with E-state index in [1.807, 2.05) is 31.2 Å². The maximum atomic E-state index is 11.7. The molecule has 2 aromatic carbocycles. The van der Waals surface area contributed by atoms with Crippen molar-refractivity contribution in [1.82, 2.24) is 5.32 Å². The molecule has 0 bridgehead atoms. The van der Waals surface area contributed by atoms with Gasteiger partial charge in [-0.2, -0.15) is 0 Å². The van der Waals surface area contributed by atoms with E-state index in [9.17, 15) is 4.79 Å². The molecule has 1 amide bonds. The molecule has 2 aromatic rings. The largest absolute Gasteiger partial charge is 0.396 e. The summed E-state index contributed by atoms with van der Waals surface area (Å²) in [6, 6.07) is 16.5. The van der Waals surface area contributed by atoms with Crippen molar-refractivity contribution in [3.63, 3.8) is 0 Å². The van der Waals surface area contributed by atoms with Gasteiger partial charge < -0.3 is 15.7 Å². The highest BCUT2D eigenvalue weighted by Gasteiger charge is 2.16. The van der Waals surface area contributed by atoms with Crippen molar-refractivity contribution in [3.05, 3.63) is 77.9 Å². The number of aliphatic hydroxyl groups excluding tert-OH is 1. The molecule has 0 radical (unpaired) electrons. The van der Waals surface area contributed by atoms with Crippen molar-refractivity contribution in [3.8, 4) is 0 Å². The second kappa shape index (κ2) is 14.4. The van der Waals surface area contributed by atoms with Gasteiger partial charge in [-0.25, -0.2) is 0 Å². The molecule has 0 aliphatic carbocycles. The fourth-order valence-electron chi connectivity index (χ4n) is 2.96. The van der Waals surface area contributed by atoms with Gasteiger partial charge in [0, 0.05) is 25.4 Å². The minimum Gasteiger partial charge on any atom is -0.396 e. The average Bonchev–Trinajstić information content (AvgIpc) is 2.71. The topological polar surface area (TPSA) is 61.4 Å². The zero-order valence-electron chi connectivity index (χ0n) is 18.1. The van der Waals surface area contributed by atoms with Gasteiger partial charge >= 0.3 is 0 Å². The fraction of sp³-hybridized carbons (Fsp3) is 0.400. The molecular formula is C25H36N2O2. The van der Waals surface area contributed by atoms with Crippen LogP contribution in [0.25, 0.3) is 0 Å². The molecule has 3 N–H and O–H groups in total. The molecule has 0 spiro atoms. The normalized spacial score (nSPS) is 14.0. The molecule has 0 saturated heterocycles. The number of anilines is 1. The van der Waals surface area contributed by atoms with Gasteiger partial charge in [0.25, 0.3) is 0 Å². The first-order chi connectivity index (χ1) is 14.0. The minimum atomic E-state index is 0.0184. The summed E-state index contributed by atoms with van der Waals surface area (Å²) in [5, 5.41) is 14.9. The van der Waals surface area contributed by atoms with Gasteiger partial charge in [-0.3, -0.25) is 4.79 Å². The number of rotatable bonds is 5. The summed E-state index contributed by atoms with van der Waals surface area (Å²) in [4.78, 5) is 11.7. The summed E-state index contributed by atoms with van der Waals surface area (Å²) in [7, 11) is 0. The molecule has 158 valence electrons. The first kappa shape index (κ1) is 24.4. The number of carbonyl (C=O) groups excluding carboxylic acids is 1. The fourth-order valence-corrected chi connectivity index (χ4v) is 2.96. The lowest BCUT2D eigenvalue weighted by Gasteiger charge is -2.24. The Morgan fingerprint density at radius 1 is 1.28 bits per heavy atom. The molecule has 1 aliphatic rings. The Morgan fingerprint density at radius 2 is 1.97 bits per heavy atom. The predicted molar refractivity (Wildman–Crippen MR) is 123 cm³/mol. The average molecular weight is 397 g/mol. The van der Waals surface area contributed by atoms with Gasteiger partial charge in [-0.15, -0.1) is 6.58 Å². The van der Waals surface area contributed by atoms with Gasteiger partial charge in [0.2, 0.25) is 5.91 Å². The van der Waals surface area contributed by atoms with Crippen molar-refractivity contribution < 1.29 is 9.90 Å². The van der Waals surface area contributed by atoms with Crippen LogP contribution in [0.2, 0.25) is 0 Å². The van der Waals surface area contributed by atoms with Crippen LogP contribution in [0.15, 0.2) is 61.2 Å². The van der Waals surface area contributed by atoms with Crippen LogP contribution in [0.3, 0.4) is 0 Å². The van der Waals surface area contributed by atoms with Crippen LogP contribution in [0.4, 0.5) is 5.69 Å². The van der Waals surface area contributed by atoms with Gasteiger partial charge in [0.1, 0.15) is 0 Å². The Labute approximate surface area is 176 Å². The molecule has 4 heteroatoms. The lowest BCUT2D eigenvalue weighted by atomic mass is 9.91. The van der Waals surface area contributed by atoms with Crippen LogP contribution >= 0.6 is 0 Å². The first-order valence-electron chi connectivity index (χ1n) is 10.3. The Bertz CT molecular complexity index is 729. The zero-order chi connectivity index (χ0) is 21.5. The van der Waals surface area contributed by atoms with Crippen molar-refractivity contribution >= 4 is 11.6 Å². The number of allylic oxidation sites excluding steroid dienone is 1. The molecule has 0 fully saturated rings. The summed E-state index contributed by atoms with van der Waals surface area (Å²) in [6.45, 7) is 11.2. The maximum Gasteiger partial charge on any atom is 0.224 e. The van der Waals surface area contributed by atoms with E-state index in [0.717, 1.165) is 18.5 Å². The molecule has 4 nitrogen and oxygen atoms in total. The third-order valence-electron chi connectivity index (χ3n) is 4.50. The number of amides is 1. The first-order valence-corrected chi connectivity index (χ1v) is 10.3. The Morgan fingerprint density at radius 3 is 2.55 bits per heavy atom. The Kier molecular flexibility index (Phi) is 12.2. The lowest BCUT2D eigenvalue weighted by Crippen LogP contribution is -2.26. The second-order valence-corrected chi connectivity index (χ2v) is 7.20. The summed E-state index contributed by atoms with van der Waals surface area (Å²) < 4.78 is 0. The van der Waals surface area contributed by atoms with Crippen LogP contribution in [-0.4, -0.2) is 30.7 Å². The van der Waals surface area contributed by atoms with E-state index in [2.05, 4.69) is 55.3 Å². The van der Waals surface area contributed by atoms with E-state index in [4.69, 9.17) is 5.11 Å². The van der Waals surface area contributed by atoms with Gasteiger partial charge in [-0.05, 0) is 49.8 Å². The SMILES string of the molecule is C=CC.CC1CCNc2ccc(CC(=O)NCCCO)cc21.Cc1ccccc1. The second-order valence-electron chi connectivity index (χ2n) is 7.20. The number of carbonyl (C=O) groups is 1. The summed E-state index contributed by atoms with van der Waals surface area (Å²) >= 11 is 0. The van der Waals surface area contributed by atoms with E-state index >= 15 is 0 Å². The smallest absolute Gasteiger partial charge is 0.224 e. The molecule has 0 aromatic heterocycles. The Balaban J connectivity index is 0.000000347. The van der Waals surface area contributed by atoms with E-state index in [0.29, 0.717) is 25.3 Å².